The summed E-state index contributed by atoms with van der Waals surface area (Å²) in [6.07, 6.45) is 5.06. The van der Waals surface area contributed by atoms with Crippen LogP contribution in [0.5, 0.6) is 0 Å². The monoisotopic (exact) mass is 439 g/mol. The minimum Gasteiger partial charge on any atom is -0.360 e. The number of likely N-dealkylation sites (tertiary alicyclic amines) is 1. The molecule has 1 unspecified atom stereocenters. The van der Waals surface area contributed by atoms with Crippen molar-refractivity contribution in [2.24, 2.45) is 0 Å². The largest absolute Gasteiger partial charge is 0.360 e. The fourth-order valence-corrected chi connectivity index (χ4v) is 4.34. The van der Waals surface area contributed by atoms with Crippen LogP contribution in [0.3, 0.4) is 0 Å². The van der Waals surface area contributed by atoms with E-state index in [1.807, 2.05) is 30.5 Å². The number of aromatic amines is 1. The second-order valence-electron chi connectivity index (χ2n) is 7.79. The van der Waals surface area contributed by atoms with E-state index in [0.29, 0.717) is 36.3 Å². The average Bonchev–Trinajstić information content (AvgIpc) is 3.41. The predicted molar refractivity (Wildman–Crippen MR) is 118 cm³/mol. The molecule has 1 aromatic carbocycles. The summed E-state index contributed by atoms with van der Waals surface area (Å²) in [6, 6.07) is 7.38. The number of carbonyl (C=O) groups excluding carboxylic acids is 2. The molecule has 5 rings (SSSR count). The molecule has 4 N–H and O–H groups in total. The van der Waals surface area contributed by atoms with E-state index in [-0.39, 0.29) is 18.0 Å². The minimum absolute atomic E-state index is 0.0406. The Kier molecular flexibility index (Phi) is 5.11. The van der Waals surface area contributed by atoms with Crippen molar-refractivity contribution in [3.8, 4) is 11.3 Å². The van der Waals surface area contributed by atoms with Gasteiger partial charge in [0.1, 0.15) is 6.04 Å². The number of fused-ring (bicyclic) bond motifs is 1. The molecule has 0 bridgehead atoms. The number of anilines is 1. The molecule has 3 amide bonds. The van der Waals surface area contributed by atoms with E-state index in [0.717, 1.165) is 29.3 Å². The molecule has 2 aliphatic heterocycles. The highest BCUT2D eigenvalue weighted by molar-refractivity contribution is 6.33. The van der Waals surface area contributed by atoms with Crippen LogP contribution in [0.15, 0.2) is 36.7 Å². The number of para-hydroxylation sites is 1. The van der Waals surface area contributed by atoms with Crippen LogP contribution in [-0.4, -0.2) is 63.5 Å². The molecule has 0 spiro atoms. The summed E-state index contributed by atoms with van der Waals surface area (Å²) < 4.78 is 0. The number of hydrogen-bond donors (Lipinski definition) is 4. The molecule has 0 aliphatic carbocycles. The number of H-pyrrole nitrogens is 1. The van der Waals surface area contributed by atoms with Gasteiger partial charge in [0.15, 0.2) is 0 Å². The number of aromatic nitrogens is 3. The molecule has 2 fully saturated rings. The second kappa shape index (κ2) is 8.07. The molecule has 31 heavy (non-hydrogen) atoms. The Morgan fingerprint density at radius 2 is 2.03 bits per heavy atom. The third-order valence-electron chi connectivity index (χ3n) is 5.80. The normalized spacial score (nSPS) is 19.3. The predicted octanol–water partition coefficient (Wildman–Crippen LogP) is 2.36. The van der Waals surface area contributed by atoms with Crippen LogP contribution in [0.2, 0.25) is 5.02 Å². The molecule has 0 radical (unpaired) electrons. The van der Waals surface area contributed by atoms with Crippen LogP contribution in [0.25, 0.3) is 22.2 Å². The van der Waals surface area contributed by atoms with Crippen molar-refractivity contribution in [1.82, 2.24) is 30.5 Å². The maximum atomic E-state index is 12.5. The maximum Gasteiger partial charge on any atom is 0.315 e. The Bertz CT molecular complexity index is 1140. The SMILES string of the molecule is O=C1NCC(C(=O)N2CCC(Nc3ncc(Cl)c(-c4c[nH]c5ccccc45)n3)CC2)N1. The summed E-state index contributed by atoms with van der Waals surface area (Å²) in [5.41, 5.74) is 2.62. The van der Waals surface area contributed by atoms with Crippen LogP contribution in [0, 0.1) is 0 Å². The molecule has 9 nitrogen and oxygen atoms in total. The molecule has 2 aromatic heterocycles. The number of nitrogens with one attached hydrogen (secondary N) is 4. The summed E-state index contributed by atoms with van der Waals surface area (Å²) in [5.74, 6) is 0.475. The fourth-order valence-electron chi connectivity index (χ4n) is 4.14. The number of benzene rings is 1. The third-order valence-corrected chi connectivity index (χ3v) is 6.08. The van der Waals surface area contributed by atoms with Gasteiger partial charge in [0, 0.05) is 48.3 Å². The molecular formula is C21H22ClN7O2. The Labute approximate surface area is 183 Å². The van der Waals surface area contributed by atoms with Crippen LogP contribution >= 0.6 is 11.6 Å². The molecule has 160 valence electrons. The topological polar surface area (TPSA) is 115 Å². The molecule has 3 aromatic rings. The number of piperidine rings is 1. The standard InChI is InChI=1S/C21H22ClN7O2/c22-15-10-24-20(28-18(15)14-9-23-16-4-2-1-3-13(14)16)26-12-5-7-29(8-6-12)19(30)17-11-25-21(31)27-17/h1-4,9-10,12,17,23H,5-8,11H2,(H,24,26,28)(H2,25,27,31). The number of hydrogen-bond acceptors (Lipinski definition) is 5. The summed E-state index contributed by atoms with van der Waals surface area (Å²) in [5, 5.41) is 10.2. The first-order chi connectivity index (χ1) is 15.1. The first-order valence-electron chi connectivity index (χ1n) is 10.3. The number of rotatable bonds is 4. The maximum absolute atomic E-state index is 12.5. The number of halogens is 1. The summed E-state index contributed by atoms with van der Waals surface area (Å²) in [6.45, 7) is 1.57. The van der Waals surface area contributed by atoms with Crippen molar-refractivity contribution in [3.05, 3.63) is 41.7 Å². The van der Waals surface area contributed by atoms with Crippen molar-refractivity contribution in [2.45, 2.75) is 24.9 Å². The lowest BCUT2D eigenvalue weighted by atomic mass is 10.0. The molecular weight excluding hydrogens is 418 g/mol. The Morgan fingerprint density at radius 3 is 2.81 bits per heavy atom. The third kappa shape index (κ3) is 3.88. The number of carbonyl (C=O) groups is 2. The van der Waals surface area contributed by atoms with Crippen molar-refractivity contribution >= 4 is 40.4 Å². The van der Waals surface area contributed by atoms with E-state index in [1.165, 1.54) is 0 Å². The molecule has 2 aliphatic rings. The highest BCUT2D eigenvalue weighted by Gasteiger charge is 2.32. The van der Waals surface area contributed by atoms with Crippen LogP contribution in [0.1, 0.15) is 12.8 Å². The first kappa shape index (κ1) is 19.6. The molecule has 2 saturated heterocycles. The van der Waals surface area contributed by atoms with Gasteiger partial charge in [-0.2, -0.15) is 0 Å². The lowest BCUT2D eigenvalue weighted by Crippen LogP contribution is -2.50. The van der Waals surface area contributed by atoms with Gasteiger partial charge in [0.05, 0.1) is 16.9 Å². The average molecular weight is 440 g/mol. The second-order valence-corrected chi connectivity index (χ2v) is 8.20. The van der Waals surface area contributed by atoms with E-state index in [4.69, 9.17) is 11.6 Å². The van der Waals surface area contributed by atoms with Crippen LogP contribution in [0.4, 0.5) is 10.7 Å². The smallest absolute Gasteiger partial charge is 0.315 e. The van der Waals surface area contributed by atoms with Crippen molar-refractivity contribution in [2.75, 3.05) is 25.0 Å². The lowest BCUT2D eigenvalue weighted by Gasteiger charge is -2.33. The van der Waals surface area contributed by atoms with E-state index >= 15 is 0 Å². The number of urea groups is 1. The summed E-state index contributed by atoms with van der Waals surface area (Å²) >= 11 is 6.41. The van der Waals surface area contributed by atoms with Gasteiger partial charge in [-0.25, -0.2) is 14.8 Å². The van der Waals surface area contributed by atoms with Crippen molar-refractivity contribution in [1.29, 1.82) is 0 Å². The lowest BCUT2D eigenvalue weighted by molar-refractivity contribution is -0.133. The quantitative estimate of drug-likeness (QED) is 0.498. The molecule has 1 atom stereocenters. The highest BCUT2D eigenvalue weighted by atomic mass is 35.5. The molecule has 0 saturated carbocycles. The summed E-state index contributed by atoms with van der Waals surface area (Å²) in [7, 11) is 0. The van der Waals surface area contributed by atoms with Gasteiger partial charge in [-0.3, -0.25) is 4.79 Å². The van der Waals surface area contributed by atoms with E-state index in [9.17, 15) is 9.59 Å². The van der Waals surface area contributed by atoms with E-state index < -0.39 is 6.04 Å². The van der Waals surface area contributed by atoms with Crippen molar-refractivity contribution in [3.63, 3.8) is 0 Å². The Morgan fingerprint density at radius 1 is 1.23 bits per heavy atom. The zero-order chi connectivity index (χ0) is 21.4. The zero-order valence-electron chi connectivity index (χ0n) is 16.7. The van der Waals surface area contributed by atoms with Crippen LogP contribution in [-0.2, 0) is 4.79 Å². The first-order valence-corrected chi connectivity index (χ1v) is 10.6. The molecule has 10 heteroatoms. The van der Waals surface area contributed by atoms with E-state index in [2.05, 4.69) is 30.9 Å². The number of nitrogens with zero attached hydrogens (tertiary/aromatic N) is 3. The zero-order valence-corrected chi connectivity index (χ0v) is 17.4. The summed E-state index contributed by atoms with van der Waals surface area (Å²) in [4.78, 5) is 37.9. The van der Waals surface area contributed by atoms with Gasteiger partial charge in [0.25, 0.3) is 0 Å². The minimum atomic E-state index is -0.477. The highest BCUT2D eigenvalue weighted by Crippen LogP contribution is 2.32. The van der Waals surface area contributed by atoms with Gasteiger partial charge >= 0.3 is 6.03 Å². The van der Waals surface area contributed by atoms with Gasteiger partial charge in [0.2, 0.25) is 11.9 Å². The van der Waals surface area contributed by atoms with Crippen LogP contribution < -0.4 is 16.0 Å². The number of amides is 3. The van der Waals surface area contributed by atoms with Gasteiger partial charge < -0.3 is 25.8 Å². The Balaban J connectivity index is 1.26. The van der Waals surface area contributed by atoms with Gasteiger partial charge in [-0.1, -0.05) is 29.8 Å². The van der Waals surface area contributed by atoms with Gasteiger partial charge in [-0.15, -0.1) is 0 Å². The van der Waals surface area contributed by atoms with Gasteiger partial charge in [-0.05, 0) is 18.9 Å². The molecule has 4 heterocycles. The Hall–Kier alpha value is -3.33. The van der Waals surface area contributed by atoms with E-state index in [1.54, 1.807) is 11.1 Å². The fraction of sp³-hybridized carbons (Fsp3) is 0.333. The van der Waals surface area contributed by atoms with Crippen molar-refractivity contribution < 1.29 is 9.59 Å².